The van der Waals surface area contributed by atoms with Gasteiger partial charge in [-0.2, -0.15) is 5.26 Å². The number of aromatic nitrogens is 2. The number of aromatic amines is 1. The largest absolute Gasteiger partial charge is 0.331 e. The quantitative estimate of drug-likeness (QED) is 0.875. The van der Waals surface area contributed by atoms with E-state index >= 15 is 0 Å². The standard InChI is InChI=1S/C10H4BrF2N3/c11-9-7(4-14)15-10(16-9)8-5(12)2-1-3-6(8)13/h1-3H,(H,15,16). The lowest BCUT2D eigenvalue weighted by molar-refractivity contribution is 0.588. The molecule has 0 aliphatic carbocycles. The second kappa shape index (κ2) is 4.02. The third-order valence-electron chi connectivity index (χ3n) is 1.97. The van der Waals surface area contributed by atoms with E-state index in [1.54, 1.807) is 6.07 Å². The molecule has 1 aromatic carbocycles. The molecule has 1 aromatic heterocycles. The van der Waals surface area contributed by atoms with E-state index in [9.17, 15) is 8.78 Å². The predicted octanol–water partition coefficient (Wildman–Crippen LogP) is 2.99. The molecule has 0 aliphatic rings. The Morgan fingerprint density at radius 3 is 2.44 bits per heavy atom. The summed E-state index contributed by atoms with van der Waals surface area (Å²) in [4.78, 5) is 6.37. The number of nitriles is 1. The molecule has 0 saturated carbocycles. The zero-order valence-corrected chi connectivity index (χ0v) is 9.35. The lowest BCUT2D eigenvalue weighted by Gasteiger charge is -1.99. The summed E-state index contributed by atoms with van der Waals surface area (Å²) in [6, 6.07) is 5.30. The molecule has 2 rings (SSSR count). The van der Waals surface area contributed by atoms with Gasteiger partial charge in [-0.1, -0.05) is 6.07 Å². The van der Waals surface area contributed by atoms with E-state index in [-0.39, 0.29) is 17.1 Å². The second-order valence-electron chi connectivity index (χ2n) is 2.96. The molecule has 80 valence electrons. The van der Waals surface area contributed by atoms with Gasteiger partial charge in [-0.25, -0.2) is 13.8 Å². The minimum atomic E-state index is -0.731. The summed E-state index contributed by atoms with van der Waals surface area (Å²) in [6.07, 6.45) is 0. The maximum absolute atomic E-state index is 13.4. The van der Waals surface area contributed by atoms with Crippen LogP contribution in [0.15, 0.2) is 22.8 Å². The molecule has 0 unspecified atom stereocenters. The first-order valence-corrected chi connectivity index (χ1v) is 5.02. The fraction of sp³-hybridized carbons (Fsp3) is 0. The molecule has 16 heavy (non-hydrogen) atoms. The highest BCUT2D eigenvalue weighted by atomic mass is 79.9. The molecule has 0 atom stereocenters. The van der Waals surface area contributed by atoms with E-state index in [0.29, 0.717) is 4.60 Å². The number of rotatable bonds is 1. The number of imidazole rings is 1. The van der Waals surface area contributed by atoms with E-state index in [2.05, 4.69) is 25.9 Å². The minimum Gasteiger partial charge on any atom is -0.331 e. The third-order valence-corrected chi connectivity index (χ3v) is 2.54. The van der Waals surface area contributed by atoms with E-state index in [1.807, 2.05) is 0 Å². The molecule has 0 aliphatic heterocycles. The highest BCUT2D eigenvalue weighted by molar-refractivity contribution is 9.10. The van der Waals surface area contributed by atoms with E-state index < -0.39 is 11.6 Å². The van der Waals surface area contributed by atoms with Crippen LogP contribution in [-0.2, 0) is 0 Å². The first-order valence-electron chi connectivity index (χ1n) is 4.23. The van der Waals surface area contributed by atoms with Gasteiger partial charge in [0.25, 0.3) is 0 Å². The zero-order valence-electron chi connectivity index (χ0n) is 7.76. The summed E-state index contributed by atoms with van der Waals surface area (Å²) in [7, 11) is 0. The van der Waals surface area contributed by atoms with E-state index in [0.717, 1.165) is 12.1 Å². The molecule has 0 saturated heterocycles. The second-order valence-corrected chi connectivity index (χ2v) is 3.75. The van der Waals surface area contributed by atoms with Crippen LogP contribution in [0.3, 0.4) is 0 Å². The van der Waals surface area contributed by atoms with Gasteiger partial charge in [-0.05, 0) is 28.1 Å². The van der Waals surface area contributed by atoms with Crippen molar-refractivity contribution < 1.29 is 8.78 Å². The lowest BCUT2D eigenvalue weighted by atomic mass is 10.2. The van der Waals surface area contributed by atoms with Crippen LogP contribution in [-0.4, -0.2) is 9.97 Å². The van der Waals surface area contributed by atoms with Gasteiger partial charge >= 0.3 is 0 Å². The fourth-order valence-electron chi connectivity index (χ4n) is 1.27. The first-order chi connectivity index (χ1) is 7.63. The molecular formula is C10H4BrF2N3. The van der Waals surface area contributed by atoms with Gasteiger partial charge < -0.3 is 4.98 Å². The number of H-pyrrole nitrogens is 1. The van der Waals surface area contributed by atoms with Crippen molar-refractivity contribution in [1.82, 2.24) is 9.97 Å². The molecule has 0 bridgehead atoms. The van der Waals surface area contributed by atoms with Crippen molar-refractivity contribution in [3.8, 4) is 17.5 Å². The van der Waals surface area contributed by atoms with Crippen LogP contribution in [0.1, 0.15) is 5.69 Å². The van der Waals surface area contributed by atoms with Gasteiger partial charge in [-0.15, -0.1) is 0 Å². The number of nitrogens with zero attached hydrogens (tertiary/aromatic N) is 2. The summed E-state index contributed by atoms with van der Waals surface area (Å²) in [5.74, 6) is -1.48. The Labute approximate surface area is 97.9 Å². The SMILES string of the molecule is N#Cc1nc(-c2c(F)cccc2F)[nH]c1Br. The molecule has 3 nitrogen and oxygen atoms in total. The van der Waals surface area contributed by atoms with E-state index in [4.69, 9.17) is 5.26 Å². The molecule has 0 spiro atoms. The van der Waals surface area contributed by atoms with Crippen molar-refractivity contribution >= 4 is 15.9 Å². The van der Waals surface area contributed by atoms with Crippen molar-refractivity contribution in [2.45, 2.75) is 0 Å². The Morgan fingerprint density at radius 2 is 1.94 bits per heavy atom. The number of hydrogen-bond donors (Lipinski definition) is 1. The maximum Gasteiger partial charge on any atom is 0.173 e. The average Bonchev–Trinajstić information content (AvgIpc) is 2.59. The maximum atomic E-state index is 13.4. The molecule has 0 radical (unpaired) electrons. The Balaban J connectivity index is 2.64. The lowest BCUT2D eigenvalue weighted by Crippen LogP contribution is -1.91. The van der Waals surface area contributed by atoms with Gasteiger partial charge in [0.2, 0.25) is 0 Å². The highest BCUT2D eigenvalue weighted by Crippen LogP contribution is 2.26. The van der Waals surface area contributed by atoms with Gasteiger partial charge in [0.05, 0.1) is 5.56 Å². The summed E-state index contributed by atoms with van der Waals surface area (Å²) < 4.78 is 27.1. The van der Waals surface area contributed by atoms with Crippen molar-refractivity contribution in [3.05, 3.63) is 40.1 Å². The topological polar surface area (TPSA) is 52.5 Å². The number of halogens is 3. The van der Waals surface area contributed by atoms with Crippen LogP contribution >= 0.6 is 15.9 Å². The van der Waals surface area contributed by atoms with Crippen molar-refractivity contribution in [1.29, 1.82) is 5.26 Å². The molecule has 1 heterocycles. The smallest absolute Gasteiger partial charge is 0.173 e. The monoisotopic (exact) mass is 283 g/mol. The van der Waals surface area contributed by atoms with Gasteiger partial charge in [0, 0.05) is 0 Å². The molecule has 0 amide bonds. The van der Waals surface area contributed by atoms with Crippen molar-refractivity contribution in [3.63, 3.8) is 0 Å². The highest BCUT2D eigenvalue weighted by Gasteiger charge is 2.16. The van der Waals surface area contributed by atoms with Crippen LogP contribution in [0.2, 0.25) is 0 Å². The average molecular weight is 284 g/mol. The Kier molecular flexibility index (Phi) is 2.71. The van der Waals surface area contributed by atoms with Crippen LogP contribution in [0, 0.1) is 23.0 Å². The van der Waals surface area contributed by atoms with Gasteiger partial charge in [0.15, 0.2) is 5.69 Å². The van der Waals surface area contributed by atoms with Crippen LogP contribution in [0.4, 0.5) is 8.78 Å². The molecule has 1 N–H and O–H groups in total. The van der Waals surface area contributed by atoms with Crippen LogP contribution in [0.5, 0.6) is 0 Å². The van der Waals surface area contributed by atoms with Crippen molar-refractivity contribution in [2.24, 2.45) is 0 Å². The van der Waals surface area contributed by atoms with Crippen LogP contribution < -0.4 is 0 Å². The van der Waals surface area contributed by atoms with Crippen molar-refractivity contribution in [2.75, 3.05) is 0 Å². The Bertz CT molecular complexity index is 566. The number of hydrogen-bond acceptors (Lipinski definition) is 2. The Hall–Kier alpha value is -1.74. The number of nitrogens with one attached hydrogen (secondary N) is 1. The summed E-state index contributed by atoms with van der Waals surface area (Å²) in [5, 5.41) is 8.67. The number of benzene rings is 1. The summed E-state index contributed by atoms with van der Waals surface area (Å²) >= 11 is 3.04. The molecule has 2 aromatic rings. The zero-order chi connectivity index (χ0) is 11.7. The predicted molar refractivity (Wildman–Crippen MR) is 56.4 cm³/mol. The molecule has 6 heteroatoms. The normalized spacial score (nSPS) is 10.1. The summed E-state index contributed by atoms with van der Waals surface area (Å²) in [6.45, 7) is 0. The van der Waals surface area contributed by atoms with E-state index in [1.165, 1.54) is 6.07 Å². The summed E-state index contributed by atoms with van der Waals surface area (Å²) in [5.41, 5.74) is -0.220. The molecule has 0 fully saturated rings. The fourth-order valence-corrected chi connectivity index (χ4v) is 1.63. The Morgan fingerprint density at radius 1 is 1.31 bits per heavy atom. The minimum absolute atomic E-state index is 0.0148. The molecular weight excluding hydrogens is 280 g/mol. The van der Waals surface area contributed by atoms with Crippen LogP contribution in [0.25, 0.3) is 11.4 Å². The first kappa shape index (κ1) is 10.8. The third kappa shape index (κ3) is 1.70. The van der Waals surface area contributed by atoms with Gasteiger partial charge in [0.1, 0.15) is 28.1 Å². The van der Waals surface area contributed by atoms with Gasteiger partial charge in [-0.3, -0.25) is 0 Å².